The molecule has 1 fully saturated rings. The number of hydrazine groups is 1. The lowest BCUT2D eigenvalue weighted by Gasteiger charge is -2.15. The van der Waals surface area contributed by atoms with Crippen LogP contribution in [0.25, 0.3) is 0 Å². The average Bonchev–Trinajstić information content (AvgIpc) is 2.80. The number of aliphatic imine (C=N–C) groups is 1. The highest BCUT2D eigenvalue weighted by molar-refractivity contribution is 7.99. The van der Waals surface area contributed by atoms with Crippen molar-refractivity contribution in [2.24, 2.45) is 10.8 Å². The number of nitrogens with one attached hydrogen (secondary N) is 2. The Morgan fingerprint density at radius 2 is 2.35 bits per heavy atom. The highest BCUT2D eigenvalue weighted by Gasteiger charge is 2.24. The minimum atomic E-state index is 0.504. The lowest BCUT2D eigenvalue weighted by atomic mass is 10.2. The van der Waals surface area contributed by atoms with E-state index in [0.717, 1.165) is 24.8 Å². The Morgan fingerprint density at radius 1 is 1.53 bits per heavy atom. The summed E-state index contributed by atoms with van der Waals surface area (Å²) in [6.07, 6.45) is 6.76. The van der Waals surface area contributed by atoms with Gasteiger partial charge in [0.05, 0.1) is 0 Å². The van der Waals surface area contributed by atoms with Gasteiger partial charge in [-0.1, -0.05) is 0 Å². The quantitative estimate of drug-likeness (QED) is 0.216. The molecule has 0 radical (unpaired) electrons. The zero-order valence-corrected chi connectivity index (χ0v) is 11.6. The van der Waals surface area contributed by atoms with Crippen molar-refractivity contribution in [3.8, 4) is 0 Å². The van der Waals surface area contributed by atoms with Crippen molar-refractivity contribution < 1.29 is 4.74 Å². The summed E-state index contributed by atoms with van der Waals surface area (Å²) in [5.74, 6) is 6.15. The minimum absolute atomic E-state index is 0.504. The highest BCUT2D eigenvalue weighted by atomic mass is 32.2. The predicted octanol–water partition coefficient (Wildman–Crippen LogP) is 0.716. The maximum absolute atomic E-state index is 5.45. The fourth-order valence-electron chi connectivity index (χ4n) is 2.01. The number of nitrogens with zero attached hydrogens (tertiary/aromatic N) is 1. The maximum Gasteiger partial charge on any atom is 0.205 e. The van der Waals surface area contributed by atoms with Crippen LogP contribution in [-0.4, -0.2) is 43.8 Å². The normalized spacial score (nSPS) is 25.0. The molecule has 0 heterocycles. The summed E-state index contributed by atoms with van der Waals surface area (Å²) in [4.78, 5) is 4.38. The molecule has 0 saturated heterocycles. The first-order valence-electron chi connectivity index (χ1n) is 6.09. The van der Waals surface area contributed by atoms with Gasteiger partial charge in [-0.3, -0.25) is 10.4 Å². The Kier molecular flexibility index (Phi) is 7.39. The first kappa shape index (κ1) is 14.6. The SMILES string of the molecule is COCCCN=C(NN)NC1CCC(SC)C1. The van der Waals surface area contributed by atoms with E-state index < -0.39 is 0 Å². The van der Waals surface area contributed by atoms with Gasteiger partial charge < -0.3 is 10.1 Å². The number of thioether (sulfide) groups is 1. The third-order valence-electron chi connectivity index (χ3n) is 2.97. The first-order valence-corrected chi connectivity index (χ1v) is 7.38. The molecule has 1 rings (SSSR count). The lowest BCUT2D eigenvalue weighted by molar-refractivity contribution is 0.197. The Labute approximate surface area is 108 Å². The lowest BCUT2D eigenvalue weighted by Crippen LogP contribution is -2.45. The van der Waals surface area contributed by atoms with E-state index in [1.807, 2.05) is 11.8 Å². The van der Waals surface area contributed by atoms with Crippen LogP contribution in [0.15, 0.2) is 4.99 Å². The molecule has 17 heavy (non-hydrogen) atoms. The van der Waals surface area contributed by atoms with E-state index in [0.29, 0.717) is 12.0 Å². The fourth-order valence-corrected chi connectivity index (χ4v) is 2.81. The summed E-state index contributed by atoms with van der Waals surface area (Å²) in [7, 11) is 1.70. The van der Waals surface area contributed by atoms with Crippen LogP contribution in [0.4, 0.5) is 0 Å². The van der Waals surface area contributed by atoms with E-state index in [-0.39, 0.29) is 0 Å². The molecule has 0 spiro atoms. The maximum atomic E-state index is 5.45. The molecule has 2 unspecified atom stereocenters. The second kappa shape index (κ2) is 8.60. The van der Waals surface area contributed by atoms with Gasteiger partial charge in [-0.15, -0.1) is 0 Å². The molecule has 0 aliphatic heterocycles. The molecule has 1 aliphatic carbocycles. The molecule has 5 nitrogen and oxygen atoms in total. The van der Waals surface area contributed by atoms with Crippen molar-refractivity contribution in [1.29, 1.82) is 0 Å². The monoisotopic (exact) mass is 260 g/mol. The number of rotatable bonds is 6. The van der Waals surface area contributed by atoms with Crippen LogP contribution < -0.4 is 16.6 Å². The van der Waals surface area contributed by atoms with Crippen LogP contribution in [0.2, 0.25) is 0 Å². The van der Waals surface area contributed by atoms with Gasteiger partial charge in [0, 0.05) is 31.6 Å². The van der Waals surface area contributed by atoms with Crippen LogP contribution >= 0.6 is 11.8 Å². The summed E-state index contributed by atoms with van der Waals surface area (Å²) in [6, 6.07) is 0.504. The van der Waals surface area contributed by atoms with Gasteiger partial charge in [0.25, 0.3) is 0 Å². The van der Waals surface area contributed by atoms with Crippen LogP contribution in [0, 0.1) is 0 Å². The number of methoxy groups -OCH3 is 1. The van der Waals surface area contributed by atoms with Gasteiger partial charge in [0.1, 0.15) is 0 Å². The Hall–Kier alpha value is -0.460. The van der Waals surface area contributed by atoms with E-state index in [9.17, 15) is 0 Å². The number of nitrogens with two attached hydrogens (primary N) is 1. The van der Waals surface area contributed by atoms with Gasteiger partial charge in [-0.25, -0.2) is 5.84 Å². The summed E-state index contributed by atoms with van der Waals surface area (Å²) in [5.41, 5.74) is 2.63. The van der Waals surface area contributed by atoms with E-state index >= 15 is 0 Å². The third-order valence-corrected chi connectivity index (χ3v) is 4.07. The Morgan fingerprint density at radius 3 is 2.94 bits per heavy atom. The number of ether oxygens (including phenoxy) is 1. The highest BCUT2D eigenvalue weighted by Crippen LogP contribution is 2.27. The van der Waals surface area contributed by atoms with Gasteiger partial charge in [0.2, 0.25) is 5.96 Å². The zero-order chi connectivity index (χ0) is 12.5. The molecule has 1 saturated carbocycles. The molecule has 0 aromatic rings. The summed E-state index contributed by atoms with van der Waals surface area (Å²) < 4.78 is 4.98. The second-order valence-electron chi connectivity index (χ2n) is 4.23. The van der Waals surface area contributed by atoms with Crippen LogP contribution in [0.1, 0.15) is 25.7 Å². The molecule has 100 valence electrons. The first-order chi connectivity index (χ1) is 8.30. The standard InChI is InChI=1S/C11H24N4OS/c1-16-7-3-6-13-11(15-12)14-9-4-5-10(8-9)17-2/h9-10H,3-8,12H2,1-2H3,(H2,13,14,15). The van der Waals surface area contributed by atoms with E-state index in [4.69, 9.17) is 10.6 Å². The topological polar surface area (TPSA) is 71.7 Å². The van der Waals surface area contributed by atoms with Gasteiger partial charge >= 0.3 is 0 Å². The largest absolute Gasteiger partial charge is 0.385 e. The summed E-state index contributed by atoms with van der Waals surface area (Å²) in [5, 5.41) is 4.14. The van der Waals surface area contributed by atoms with Gasteiger partial charge in [-0.2, -0.15) is 11.8 Å². The average molecular weight is 260 g/mol. The van der Waals surface area contributed by atoms with Gasteiger partial charge in [-0.05, 0) is 31.9 Å². The second-order valence-corrected chi connectivity index (χ2v) is 5.37. The number of hydrogen-bond acceptors (Lipinski definition) is 4. The Bertz CT molecular complexity index is 238. The van der Waals surface area contributed by atoms with Crippen LogP contribution in [0.5, 0.6) is 0 Å². The number of hydrogen-bond donors (Lipinski definition) is 3. The summed E-state index contributed by atoms with van der Waals surface area (Å²) in [6.45, 7) is 1.47. The molecule has 6 heteroatoms. The molecular weight excluding hydrogens is 236 g/mol. The van der Waals surface area contributed by atoms with E-state index in [1.165, 1.54) is 19.3 Å². The van der Waals surface area contributed by atoms with Crippen molar-refractivity contribution in [2.45, 2.75) is 37.0 Å². The van der Waals surface area contributed by atoms with Crippen LogP contribution in [0.3, 0.4) is 0 Å². The predicted molar refractivity (Wildman–Crippen MR) is 74.2 cm³/mol. The Balaban J connectivity index is 2.26. The van der Waals surface area contributed by atoms with Crippen molar-refractivity contribution in [2.75, 3.05) is 26.5 Å². The molecule has 2 atom stereocenters. The molecular formula is C11H24N4OS. The van der Waals surface area contributed by atoms with E-state index in [2.05, 4.69) is 22.0 Å². The third kappa shape index (κ3) is 5.61. The number of guanidine groups is 1. The van der Waals surface area contributed by atoms with Crippen LogP contribution in [-0.2, 0) is 4.74 Å². The molecule has 0 bridgehead atoms. The van der Waals surface area contributed by atoms with E-state index in [1.54, 1.807) is 7.11 Å². The van der Waals surface area contributed by atoms with Crippen molar-refractivity contribution in [3.05, 3.63) is 0 Å². The molecule has 1 aliphatic rings. The molecule has 0 amide bonds. The summed E-state index contributed by atoms with van der Waals surface area (Å²) >= 11 is 1.95. The van der Waals surface area contributed by atoms with Crippen molar-refractivity contribution in [1.82, 2.24) is 10.7 Å². The molecule has 0 aromatic carbocycles. The molecule has 0 aromatic heterocycles. The smallest absolute Gasteiger partial charge is 0.205 e. The molecule has 4 N–H and O–H groups in total. The fraction of sp³-hybridized carbons (Fsp3) is 0.909. The van der Waals surface area contributed by atoms with Crippen molar-refractivity contribution in [3.63, 3.8) is 0 Å². The van der Waals surface area contributed by atoms with Gasteiger partial charge in [0.15, 0.2) is 0 Å². The van der Waals surface area contributed by atoms with Crippen molar-refractivity contribution >= 4 is 17.7 Å². The zero-order valence-electron chi connectivity index (χ0n) is 10.7. The minimum Gasteiger partial charge on any atom is -0.385 e.